The molecule has 1 aromatic heterocycles. The molecule has 78 valence electrons. The number of alkyl halides is 1. The van der Waals surface area contributed by atoms with Gasteiger partial charge in [0.1, 0.15) is 5.82 Å². The van der Waals surface area contributed by atoms with E-state index in [-0.39, 0.29) is 0 Å². The first-order chi connectivity index (χ1) is 6.70. The van der Waals surface area contributed by atoms with Gasteiger partial charge in [-0.1, -0.05) is 21.1 Å². The van der Waals surface area contributed by atoms with Crippen LogP contribution in [-0.2, 0) is 7.05 Å². The van der Waals surface area contributed by atoms with Crippen LogP contribution in [0.25, 0.3) is 0 Å². The van der Waals surface area contributed by atoms with Gasteiger partial charge in [-0.2, -0.15) is 0 Å². The van der Waals surface area contributed by atoms with Crippen molar-refractivity contribution in [3.05, 3.63) is 6.20 Å². The van der Waals surface area contributed by atoms with Crippen LogP contribution in [0.3, 0.4) is 0 Å². The zero-order valence-electron chi connectivity index (χ0n) is 8.52. The molecule has 0 radical (unpaired) electrons. The van der Waals surface area contributed by atoms with Crippen LogP contribution >= 0.6 is 15.9 Å². The Morgan fingerprint density at radius 3 is 3.00 bits per heavy atom. The van der Waals surface area contributed by atoms with Crippen molar-refractivity contribution in [1.29, 1.82) is 0 Å². The molecule has 1 fully saturated rings. The highest BCUT2D eigenvalue weighted by Gasteiger charge is 2.27. The third-order valence-corrected chi connectivity index (χ3v) is 4.10. The highest BCUT2D eigenvalue weighted by Crippen LogP contribution is 2.27. The number of rotatable bonds is 1. The Morgan fingerprint density at radius 1 is 1.57 bits per heavy atom. The molecule has 2 unspecified atom stereocenters. The number of nitrogens with zero attached hydrogens (tertiary/aromatic N) is 4. The van der Waals surface area contributed by atoms with Gasteiger partial charge in [-0.15, -0.1) is 5.10 Å². The van der Waals surface area contributed by atoms with Crippen LogP contribution in [-0.4, -0.2) is 32.4 Å². The third kappa shape index (κ3) is 1.65. The van der Waals surface area contributed by atoms with Gasteiger partial charge in [-0.3, -0.25) is 0 Å². The van der Waals surface area contributed by atoms with Crippen molar-refractivity contribution >= 4 is 21.7 Å². The minimum Gasteiger partial charge on any atom is -0.352 e. The number of piperidine rings is 1. The monoisotopic (exact) mass is 258 g/mol. The molecule has 0 spiro atoms. The molecule has 5 heteroatoms. The van der Waals surface area contributed by atoms with Gasteiger partial charge in [0.2, 0.25) is 0 Å². The number of aromatic nitrogens is 3. The van der Waals surface area contributed by atoms with Gasteiger partial charge >= 0.3 is 0 Å². The lowest BCUT2D eigenvalue weighted by Gasteiger charge is -2.37. The second kappa shape index (κ2) is 3.88. The summed E-state index contributed by atoms with van der Waals surface area (Å²) in [5.41, 5.74) is 0. The Hall–Kier alpha value is -0.580. The number of aryl methyl sites for hydroxylation is 1. The van der Waals surface area contributed by atoms with E-state index in [9.17, 15) is 0 Å². The predicted molar refractivity (Wildman–Crippen MR) is 59.8 cm³/mol. The number of halogens is 1. The van der Waals surface area contributed by atoms with E-state index in [1.165, 1.54) is 12.8 Å². The fourth-order valence-electron chi connectivity index (χ4n) is 1.96. The maximum Gasteiger partial charge on any atom is 0.147 e. The fraction of sp³-hybridized carbons (Fsp3) is 0.778. The van der Waals surface area contributed by atoms with Crippen molar-refractivity contribution in [1.82, 2.24) is 15.0 Å². The Kier molecular flexibility index (Phi) is 2.76. The quantitative estimate of drug-likeness (QED) is 0.718. The third-order valence-electron chi connectivity index (χ3n) is 2.88. The molecule has 0 N–H and O–H groups in total. The minimum atomic E-state index is 0.515. The van der Waals surface area contributed by atoms with Crippen molar-refractivity contribution < 1.29 is 0 Å². The lowest BCUT2D eigenvalue weighted by atomic mass is 10.0. The van der Waals surface area contributed by atoms with Gasteiger partial charge in [0.05, 0.1) is 6.20 Å². The van der Waals surface area contributed by atoms with Crippen molar-refractivity contribution in [2.24, 2.45) is 7.05 Å². The topological polar surface area (TPSA) is 34.0 Å². The zero-order valence-corrected chi connectivity index (χ0v) is 10.1. The normalized spacial score (nSPS) is 28.1. The lowest BCUT2D eigenvalue weighted by Crippen LogP contribution is -2.44. The van der Waals surface area contributed by atoms with Gasteiger partial charge in [0.15, 0.2) is 0 Å². The Balaban J connectivity index is 2.21. The summed E-state index contributed by atoms with van der Waals surface area (Å²) in [7, 11) is 1.94. The molecule has 1 aromatic rings. The standard InChI is InChI=1S/C9H15BrN4/c1-7-8(10)4-3-5-14(7)9-6-11-12-13(9)2/h6-8H,3-5H2,1-2H3. The van der Waals surface area contributed by atoms with Crippen LogP contribution in [0, 0.1) is 0 Å². The summed E-state index contributed by atoms with van der Waals surface area (Å²) in [5, 5.41) is 7.87. The molecule has 0 bridgehead atoms. The Labute approximate surface area is 92.4 Å². The number of anilines is 1. The molecule has 14 heavy (non-hydrogen) atoms. The second-order valence-corrected chi connectivity index (χ2v) is 4.98. The van der Waals surface area contributed by atoms with Crippen LogP contribution in [0.1, 0.15) is 19.8 Å². The lowest BCUT2D eigenvalue weighted by molar-refractivity contribution is 0.490. The van der Waals surface area contributed by atoms with Gasteiger partial charge in [0.25, 0.3) is 0 Å². The summed E-state index contributed by atoms with van der Waals surface area (Å²) in [5.74, 6) is 1.11. The number of hydrogen-bond donors (Lipinski definition) is 0. The first kappa shape index (κ1) is 9.96. The average molecular weight is 259 g/mol. The average Bonchev–Trinajstić information content (AvgIpc) is 2.57. The molecular weight excluding hydrogens is 244 g/mol. The molecule has 1 aliphatic heterocycles. The van der Waals surface area contributed by atoms with Crippen LogP contribution in [0.15, 0.2) is 6.20 Å². The van der Waals surface area contributed by atoms with Crippen molar-refractivity contribution in [3.8, 4) is 0 Å². The smallest absolute Gasteiger partial charge is 0.147 e. The molecule has 0 saturated carbocycles. The van der Waals surface area contributed by atoms with E-state index in [2.05, 4.69) is 38.1 Å². The highest BCUT2D eigenvalue weighted by molar-refractivity contribution is 9.09. The second-order valence-electron chi connectivity index (χ2n) is 3.81. The molecule has 0 amide bonds. The van der Waals surface area contributed by atoms with E-state index in [0.29, 0.717) is 10.9 Å². The van der Waals surface area contributed by atoms with E-state index in [0.717, 1.165) is 12.4 Å². The van der Waals surface area contributed by atoms with Crippen molar-refractivity contribution in [3.63, 3.8) is 0 Å². The minimum absolute atomic E-state index is 0.515. The van der Waals surface area contributed by atoms with E-state index >= 15 is 0 Å². The van der Waals surface area contributed by atoms with Gasteiger partial charge in [-0.25, -0.2) is 4.68 Å². The maximum absolute atomic E-state index is 3.96. The van der Waals surface area contributed by atoms with Gasteiger partial charge < -0.3 is 4.90 Å². The molecule has 2 rings (SSSR count). The molecular formula is C9H15BrN4. The molecule has 1 aliphatic rings. The van der Waals surface area contributed by atoms with Crippen LogP contribution in [0.2, 0.25) is 0 Å². The van der Waals surface area contributed by atoms with Gasteiger partial charge in [-0.05, 0) is 19.8 Å². The van der Waals surface area contributed by atoms with Crippen LogP contribution in [0.5, 0.6) is 0 Å². The van der Waals surface area contributed by atoms with E-state index in [4.69, 9.17) is 0 Å². The van der Waals surface area contributed by atoms with E-state index in [1.807, 2.05) is 17.9 Å². The largest absolute Gasteiger partial charge is 0.352 e. The van der Waals surface area contributed by atoms with E-state index < -0.39 is 0 Å². The van der Waals surface area contributed by atoms with Crippen molar-refractivity contribution in [2.45, 2.75) is 30.6 Å². The van der Waals surface area contributed by atoms with Crippen molar-refractivity contribution in [2.75, 3.05) is 11.4 Å². The molecule has 2 atom stereocenters. The predicted octanol–water partition coefficient (Wildman–Crippen LogP) is 1.57. The zero-order chi connectivity index (χ0) is 10.1. The summed E-state index contributed by atoms with van der Waals surface area (Å²) in [4.78, 5) is 2.94. The molecule has 0 aliphatic carbocycles. The van der Waals surface area contributed by atoms with Crippen LogP contribution in [0.4, 0.5) is 5.82 Å². The first-order valence-corrected chi connectivity index (χ1v) is 5.87. The summed E-state index contributed by atoms with van der Waals surface area (Å²) >= 11 is 3.71. The molecule has 1 saturated heterocycles. The highest BCUT2D eigenvalue weighted by atomic mass is 79.9. The number of hydrogen-bond acceptors (Lipinski definition) is 3. The first-order valence-electron chi connectivity index (χ1n) is 4.95. The SMILES string of the molecule is CC1C(Br)CCCN1c1cnnn1C. The van der Waals surface area contributed by atoms with Crippen LogP contribution < -0.4 is 4.90 Å². The summed E-state index contributed by atoms with van der Waals surface area (Å²) in [6, 6.07) is 0.515. The molecule has 0 aromatic carbocycles. The van der Waals surface area contributed by atoms with Gasteiger partial charge in [0, 0.05) is 24.5 Å². The summed E-state index contributed by atoms with van der Waals surface area (Å²) in [6.45, 7) is 3.34. The fourth-order valence-corrected chi connectivity index (χ4v) is 2.57. The molecule has 2 heterocycles. The Morgan fingerprint density at radius 2 is 2.36 bits per heavy atom. The summed E-state index contributed by atoms with van der Waals surface area (Å²) in [6.07, 6.45) is 4.32. The van der Waals surface area contributed by atoms with E-state index in [1.54, 1.807) is 0 Å². The Bertz CT molecular complexity index is 312. The maximum atomic E-state index is 3.96. The molecule has 4 nitrogen and oxygen atoms in total. The summed E-state index contributed by atoms with van der Waals surface area (Å²) < 4.78 is 1.83.